The van der Waals surface area contributed by atoms with Crippen LogP contribution in [0.2, 0.25) is 0 Å². The minimum atomic E-state index is -0.351. The highest BCUT2D eigenvalue weighted by atomic mass is 16.6. The summed E-state index contributed by atoms with van der Waals surface area (Å²) in [6.45, 7) is 0. The van der Waals surface area contributed by atoms with Gasteiger partial charge in [-0.1, -0.05) is 24.3 Å². The third-order valence-electron chi connectivity index (χ3n) is 5.30. The van der Waals surface area contributed by atoms with Crippen LogP contribution < -0.4 is 14.8 Å². The van der Waals surface area contributed by atoms with E-state index < -0.39 is 0 Å². The largest absolute Gasteiger partial charge is 0.497 e. The molecule has 1 aliphatic carbocycles. The van der Waals surface area contributed by atoms with Crippen molar-refractivity contribution in [2.24, 2.45) is 5.92 Å². The highest BCUT2D eigenvalue weighted by Gasteiger charge is 2.39. The molecule has 26 heavy (non-hydrogen) atoms. The van der Waals surface area contributed by atoms with Gasteiger partial charge in [-0.3, -0.25) is 10.1 Å². The van der Waals surface area contributed by atoms with Gasteiger partial charge in [0.1, 0.15) is 11.5 Å². The summed E-state index contributed by atoms with van der Waals surface area (Å²) in [4.78, 5) is 10.8. The molecule has 3 atom stereocenters. The number of ether oxygens (including phenoxy) is 2. The summed E-state index contributed by atoms with van der Waals surface area (Å²) in [6.07, 6.45) is 5.32. The summed E-state index contributed by atoms with van der Waals surface area (Å²) in [5.41, 5.74) is 3.10. The van der Waals surface area contributed by atoms with Gasteiger partial charge in [-0.25, -0.2) is 0 Å². The Morgan fingerprint density at radius 2 is 2.04 bits per heavy atom. The molecule has 1 heterocycles. The fraction of sp³-hybridized carbons (Fsp3) is 0.300. The molecule has 0 spiro atoms. The molecule has 1 aliphatic heterocycles. The first-order valence-corrected chi connectivity index (χ1v) is 8.56. The molecule has 4 rings (SSSR count). The van der Waals surface area contributed by atoms with Gasteiger partial charge in [0.15, 0.2) is 0 Å². The normalized spacial score (nSPS) is 22.9. The Morgan fingerprint density at radius 1 is 1.19 bits per heavy atom. The van der Waals surface area contributed by atoms with Crippen molar-refractivity contribution in [2.45, 2.75) is 18.4 Å². The van der Waals surface area contributed by atoms with Gasteiger partial charge < -0.3 is 14.8 Å². The summed E-state index contributed by atoms with van der Waals surface area (Å²) in [6, 6.07) is 10.8. The van der Waals surface area contributed by atoms with Crippen LogP contribution in [0.25, 0.3) is 0 Å². The van der Waals surface area contributed by atoms with Gasteiger partial charge >= 0.3 is 0 Å². The molecule has 134 valence electrons. The second kappa shape index (κ2) is 6.37. The molecule has 2 aromatic rings. The van der Waals surface area contributed by atoms with E-state index >= 15 is 0 Å². The Balaban J connectivity index is 1.82. The standard InChI is InChI=1S/C20H20N2O4/c1-25-14-10-17-15-7-4-8-16(15)19(21-20(17)18(11-14)26-2)12-5-3-6-13(9-12)22(23)24/h3-7,9-11,15-16,19,21H,8H2,1-2H3/t15-,16+,19+/m1/s1. The van der Waals surface area contributed by atoms with Crippen LogP contribution in [-0.2, 0) is 0 Å². The maximum absolute atomic E-state index is 11.2. The quantitative estimate of drug-likeness (QED) is 0.500. The summed E-state index contributed by atoms with van der Waals surface area (Å²) >= 11 is 0. The summed E-state index contributed by atoms with van der Waals surface area (Å²) in [7, 11) is 3.28. The second-order valence-electron chi connectivity index (χ2n) is 6.62. The number of methoxy groups -OCH3 is 2. The SMILES string of the molecule is COc1cc(OC)c2c(c1)[C@@H]1C=CC[C@@H]1[C@H](c1cccc([N+](=O)[O-])c1)N2. The third kappa shape index (κ3) is 2.58. The van der Waals surface area contributed by atoms with Crippen molar-refractivity contribution in [3.63, 3.8) is 0 Å². The predicted molar refractivity (Wildman–Crippen MR) is 99.0 cm³/mol. The van der Waals surface area contributed by atoms with Crippen molar-refractivity contribution in [3.05, 3.63) is 69.8 Å². The molecule has 0 bridgehead atoms. The van der Waals surface area contributed by atoms with Crippen molar-refractivity contribution < 1.29 is 14.4 Å². The molecule has 6 heteroatoms. The predicted octanol–water partition coefficient (Wildman–Crippen LogP) is 4.44. The average Bonchev–Trinajstić information content (AvgIpc) is 3.16. The molecule has 2 aromatic carbocycles. The molecule has 0 unspecified atom stereocenters. The molecule has 0 saturated heterocycles. The van der Waals surface area contributed by atoms with Crippen molar-refractivity contribution >= 4 is 11.4 Å². The minimum Gasteiger partial charge on any atom is -0.497 e. The van der Waals surface area contributed by atoms with Gasteiger partial charge in [0.2, 0.25) is 0 Å². The molecule has 0 aromatic heterocycles. The van der Waals surface area contributed by atoms with E-state index in [-0.39, 0.29) is 22.6 Å². The van der Waals surface area contributed by atoms with Crippen molar-refractivity contribution in [2.75, 3.05) is 19.5 Å². The number of anilines is 1. The van der Waals surface area contributed by atoms with E-state index in [0.29, 0.717) is 11.7 Å². The van der Waals surface area contributed by atoms with Crippen molar-refractivity contribution in [1.82, 2.24) is 0 Å². The summed E-state index contributed by atoms with van der Waals surface area (Å²) in [5.74, 6) is 1.99. The first-order chi connectivity index (χ1) is 12.6. The monoisotopic (exact) mass is 352 g/mol. The molecular formula is C20H20N2O4. The third-order valence-corrected chi connectivity index (χ3v) is 5.30. The lowest BCUT2D eigenvalue weighted by Gasteiger charge is -2.38. The summed E-state index contributed by atoms with van der Waals surface area (Å²) in [5, 5.41) is 14.8. The molecule has 1 N–H and O–H groups in total. The van der Waals surface area contributed by atoms with Gasteiger partial charge in [-0.2, -0.15) is 0 Å². The first kappa shape index (κ1) is 16.4. The highest BCUT2D eigenvalue weighted by molar-refractivity contribution is 5.70. The van der Waals surface area contributed by atoms with Gasteiger partial charge in [-0.05, 0) is 29.5 Å². The Hall–Kier alpha value is -3.02. The number of fused-ring (bicyclic) bond motifs is 3. The number of hydrogen-bond donors (Lipinski definition) is 1. The van der Waals surface area contributed by atoms with Gasteiger partial charge in [-0.15, -0.1) is 0 Å². The highest BCUT2D eigenvalue weighted by Crippen LogP contribution is 2.53. The number of nitrogens with zero attached hydrogens (tertiary/aromatic N) is 1. The van der Waals surface area contributed by atoms with E-state index in [0.717, 1.165) is 29.0 Å². The lowest BCUT2D eigenvalue weighted by Crippen LogP contribution is -2.29. The van der Waals surface area contributed by atoms with Gasteiger partial charge in [0.25, 0.3) is 5.69 Å². The van der Waals surface area contributed by atoms with E-state index in [9.17, 15) is 10.1 Å². The maximum Gasteiger partial charge on any atom is 0.269 e. The maximum atomic E-state index is 11.2. The van der Waals surface area contributed by atoms with Crippen LogP contribution in [0.1, 0.15) is 29.5 Å². The number of nitro groups is 1. The second-order valence-corrected chi connectivity index (χ2v) is 6.62. The van der Waals surface area contributed by atoms with E-state index in [1.807, 2.05) is 18.2 Å². The zero-order valence-corrected chi connectivity index (χ0v) is 14.6. The first-order valence-electron chi connectivity index (χ1n) is 8.56. The molecule has 6 nitrogen and oxygen atoms in total. The number of nitro benzene ring substituents is 1. The summed E-state index contributed by atoms with van der Waals surface area (Å²) < 4.78 is 11.0. The zero-order chi connectivity index (χ0) is 18.3. The van der Waals surface area contributed by atoms with Crippen LogP contribution in [0, 0.1) is 16.0 Å². The minimum absolute atomic E-state index is 0.0234. The van der Waals surface area contributed by atoms with E-state index in [4.69, 9.17) is 9.47 Å². The molecule has 0 saturated carbocycles. The average molecular weight is 352 g/mol. The lowest BCUT2D eigenvalue weighted by molar-refractivity contribution is -0.384. The van der Waals surface area contributed by atoms with Crippen LogP contribution >= 0.6 is 0 Å². The number of non-ortho nitro benzene ring substituents is 1. The number of benzene rings is 2. The van der Waals surface area contributed by atoms with Crippen molar-refractivity contribution in [1.29, 1.82) is 0 Å². The van der Waals surface area contributed by atoms with E-state index in [1.54, 1.807) is 26.4 Å². The fourth-order valence-electron chi connectivity index (χ4n) is 4.08. The Labute approximate surface area is 151 Å². The Morgan fingerprint density at radius 3 is 2.77 bits per heavy atom. The zero-order valence-electron chi connectivity index (χ0n) is 14.6. The van der Waals surface area contributed by atoms with E-state index in [2.05, 4.69) is 17.5 Å². The van der Waals surface area contributed by atoms with Crippen molar-refractivity contribution in [3.8, 4) is 11.5 Å². The number of rotatable bonds is 4. The molecular weight excluding hydrogens is 332 g/mol. The fourth-order valence-corrected chi connectivity index (χ4v) is 4.08. The van der Waals surface area contributed by atoms with Crippen LogP contribution in [0.15, 0.2) is 48.6 Å². The lowest BCUT2D eigenvalue weighted by atomic mass is 9.76. The van der Waals surface area contributed by atoms with Crippen LogP contribution in [0.5, 0.6) is 11.5 Å². The Bertz CT molecular complexity index is 893. The number of hydrogen-bond acceptors (Lipinski definition) is 5. The van der Waals surface area contributed by atoms with Gasteiger partial charge in [0, 0.05) is 24.1 Å². The smallest absolute Gasteiger partial charge is 0.269 e. The molecule has 0 fully saturated rings. The van der Waals surface area contributed by atoms with Crippen LogP contribution in [0.4, 0.5) is 11.4 Å². The Kier molecular flexibility index (Phi) is 4.03. The van der Waals surface area contributed by atoms with E-state index in [1.165, 1.54) is 6.07 Å². The molecule has 2 aliphatic rings. The van der Waals surface area contributed by atoms with Crippen LogP contribution in [0.3, 0.4) is 0 Å². The molecule has 0 radical (unpaired) electrons. The van der Waals surface area contributed by atoms with Gasteiger partial charge in [0.05, 0.1) is 30.9 Å². The number of nitrogens with one attached hydrogen (secondary N) is 1. The number of allylic oxidation sites excluding steroid dienone is 2. The molecule has 0 amide bonds. The topological polar surface area (TPSA) is 73.6 Å². The van der Waals surface area contributed by atoms with Crippen LogP contribution in [-0.4, -0.2) is 19.1 Å².